The second-order valence-electron chi connectivity index (χ2n) is 7.72. The molecule has 1 aliphatic rings. The lowest BCUT2D eigenvalue weighted by molar-refractivity contribution is -0.144. The fourth-order valence-corrected chi connectivity index (χ4v) is 5.63. The number of hydrogen-bond donors (Lipinski definition) is 0. The lowest BCUT2D eigenvalue weighted by Gasteiger charge is -2.27. The van der Waals surface area contributed by atoms with Gasteiger partial charge in [-0.2, -0.15) is 0 Å². The molecule has 2 aromatic carbocycles. The van der Waals surface area contributed by atoms with Crippen LogP contribution in [0.15, 0.2) is 48.5 Å². The van der Waals surface area contributed by atoms with Gasteiger partial charge in [-0.15, -0.1) is 28.5 Å². The van der Waals surface area contributed by atoms with Crippen molar-refractivity contribution in [3.8, 4) is 17.8 Å². The van der Waals surface area contributed by atoms with Gasteiger partial charge in [0.05, 0.1) is 10.8 Å². The Morgan fingerprint density at radius 3 is 2.45 bits per heavy atom. The van der Waals surface area contributed by atoms with Crippen molar-refractivity contribution in [2.75, 3.05) is 5.88 Å². The minimum atomic E-state index is -1.14. The second kappa shape index (κ2) is 7.51. The SMILES string of the molecule is CC1(C)C(C)(C(=O)OC#N)C1(c1ccc(F)c(Oc2ccccc2)c1)C(Cl)CCl. The van der Waals surface area contributed by atoms with Gasteiger partial charge in [-0.05, 0) is 42.2 Å². The van der Waals surface area contributed by atoms with Crippen molar-refractivity contribution < 1.29 is 18.7 Å². The number of nitrogens with zero attached hydrogens (tertiary/aromatic N) is 1. The van der Waals surface area contributed by atoms with Crippen molar-refractivity contribution in [2.45, 2.75) is 31.6 Å². The van der Waals surface area contributed by atoms with Gasteiger partial charge in [0.2, 0.25) is 0 Å². The smallest absolute Gasteiger partial charge is 0.329 e. The molecule has 0 aromatic heterocycles. The maximum Gasteiger partial charge on any atom is 0.329 e. The third-order valence-electron chi connectivity index (χ3n) is 6.47. The molecule has 0 aliphatic heterocycles. The minimum absolute atomic E-state index is 0.00483. The number of carbonyl (C=O) groups is 1. The van der Waals surface area contributed by atoms with Crippen molar-refractivity contribution in [2.24, 2.45) is 10.8 Å². The molecule has 2 aromatic rings. The Morgan fingerprint density at radius 1 is 1.21 bits per heavy atom. The molecule has 3 atom stereocenters. The zero-order chi connectivity index (χ0) is 21.4. The fraction of sp³-hybridized carbons (Fsp3) is 0.364. The number of halogens is 3. The minimum Gasteiger partial charge on any atom is -0.454 e. The van der Waals surface area contributed by atoms with Crippen molar-refractivity contribution >= 4 is 29.2 Å². The third kappa shape index (κ3) is 2.89. The first-order valence-electron chi connectivity index (χ1n) is 9.01. The lowest BCUT2D eigenvalue weighted by Crippen LogP contribution is -2.34. The summed E-state index contributed by atoms with van der Waals surface area (Å²) >= 11 is 12.8. The quantitative estimate of drug-likeness (QED) is 0.328. The summed E-state index contributed by atoms with van der Waals surface area (Å²) in [6.07, 6.45) is 1.44. The van der Waals surface area contributed by atoms with E-state index in [1.54, 1.807) is 37.3 Å². The molecule has 0 spiro atoms. The van der Waals surface area contributed by atoms with Crippen LogP contribution in [0.1, 0.15) is 26.3 Å². The molecule has 0 bridgehead atoms. The molecule has 0 N–H and O–H groups in total. The molecule has 3 unspecified atom stereocenters. The molecule has 0 heterocycles. The molecule has 0 saturated heterocycles. The molecule has 1 saturated carbocycles. The number of alkyl halides is 2. The van der Waals surface area contributed by atoms with E-state index in [1.165, 1.54) is 18.4 Å². The van der Waals surface area contributed by atoms with E-state index in [4.69, 9.17) is 33.2 Å². The van der Waals surface area contributed by atoms with E-state index in [1.807, 2.05) is 19.9 Å². The van der Waals surface area contributed by atoms with Gasteiger partial charge in [0.1, 0.15) is 5.75 Å². The van der Waals surface area contributed by atoms with Crippen LogP contribution >= 0.6 is 23.2 Å². The highest BCUT2D eigenvalue weighted by molar-refractivity contribution is 6.29. The fourth-order valence-electron chi connectivity index (χ4n) is 4.79. The van der Waals surface area contributed by atoms with Crippen molar-refractivity contribution in [1.82, 2.24) is 0 Å². The van der Waals surface area contributed by atoms with Crippen molar-refractivity contribution in [1.29, 1.82) is 5.26 Å². The number of benzene rings is 2. The highest BCUT2D eigenvalue weighted by Gasteiger charge is 2.86. The van der Waals surface area contributed by atoms with Crippen LogP contribution in [0.2, 0.25) is 0 Å². The van der Waals surface area contributed by atoms with Crippen LogP contribution in [-0.2, 0) is 14.9 Å². The Morgan fingerprint density at radius 2 is 1.86 bits per heavy atom. The first kappa shape index (κ1) is 21.4. The summed E-state index contributed by atoms with van der Waals surface area (Å²) in [5.41, 5.74) is -2.25. The number of rotatable bonds is 6. The van der Waals surface area contributed by atoms with Crippen LogP contribution in [0.3, 0.4) is 0 Å². The molecule has 29 heavy (non-hydrogen) atoms. The monoisotopic (exact) mass is 435 g/mol. The van der Waals surface area contributed by atoms with E-state index in [-0.39, 0.29) is 11.6 Å². The summed E-state index contributed by atoms with van der Waals surface area (Å²) in [6, 6.07) is 13.2. The summed E-state index contributed by atoms with van der Waals surface area (Å²) in [4.78, 5) is 12.7. The number of hydrogen-bond acceptors (Lipinski definition) is 4. The average molecular weight is 436 g/mol. The summed E-state index contributed by atoms with van der Waals surface area (Å²) < 4.78 is 24.9. The number of ether oxygens (including phenoxy) is 2. The predicted molar refractivity (Wildman–Crippen MR) is 109 cm³/mol. The maximum atomic E-state index is 14.5. The van der Waals surface area contributed by atoms with E-state index >= 15 is 0 Å². The standard InChI is InChI=1S/C22H20Cl2FNO3/c1-20(2)21(3,19(27)28-13-26)22(20,18(24)12-23)14-9-10-16(25)17(11-14)29-15-7-5-4-6-8-15/h4-11,18H,12H2,1-3H3. The normalized spacial score (nSPS) is 25.6. The Kier molecular flexibility index (Phi) is 5.55. The molecule has 0 amide bonds. The molecular weight excluding hydrogens is 416 g/mol. The second-order valence-corrected chi connectivity index (χ2v) is 8.56. The molecule has 1 aliphatic carbocycles. The van der Waals surface area contributed by atoms with Gasteiger partial charge in [-0.25, -0.2) is 4.39 Å². The molecule has 3 rings (SSSR count). The van der Waals surface area contributed by atoms with E-state index < -0.39 is 33.4 Å². The van der Waals surface area contributed by atoms with Crippen molar-refractivity contribution in [3.63, 3.8) is 0 Å². The molecule has 1 fully saturated rings. The summed E-state index contributed by atoms with van der Waals surface area (Å²) in [7, 11) is 0. The van der Waals surface area contributed by atoms with E-state index in [0.717, 1.165) is 0 Å². The van der Waals surface area contributed by atoms with Crippen LogP contribution in [0.5, 0.6) is 11.5 Å². The molecule has 152 valence electrons. The van der Waals surface area contributed by atoms with Crippen LogP contribution < -0.4 is 4.74 Å². The van der Waals surface area contributed by atoms with Crippen LogP contribution in [-0.4, -0.2) is 17.2 Å². The zero-order valence-corrected chi connectivity index (χ0v) is 17.7. The van der Waals surface area contributed by atoms with Gasteiger partial charge in [-0.1, -0.05) is 38.1 Å². The van der Waals surface area contributed by atoms with Crippen LogP contribution in [0.25, 0.3) is 0 Å². The Labute approximate surface area is 179 Å². The van der Waals surface area contributed by atoms with E-state index in [2.05, 4.69) is 4.74 Å². The zero-order valence-electron chi connectivity index (χ0n) is 16.2. The third-order valence-corrected chi connectivity index (χ3v) is 7.42. The number of para-hydroxylation sites is 1. The number of carbonyl (C=O) groups excluding carboxylic acids is 1. The summed E-state index contributed by atoms with van der Waals surface area (Å²) in [6.45, 7) is 5.40. The average Bonchev–Trinajstić information content (AvgIpc) is 3.13. The van der Waals surface area contributed by atoms with Gasteiger partial charge in [0.25, 0.3) is 6.26 Å². The van der Waals surface area contributed by atoms with Gasteiger partial charge in [-0.3, -0.25) is 4.79 Å². The van der Waals surface area contributed by atoms with Crippen LogP contribution in [0.4, 0.5) is 4.39 Å². The Balaban J connectivity index is 2.14. The molecule has 0 radical (unpaired) electrons. The van der Waals surface area contributed by atoms with Gasteiger partial charge in [0, 0.05) is 11.3 Å². The first-order chi connectivity index (χ1) is 13.7. The van der Waals surface area contributed by atoms with Crippen molar-refractivity contribution in [3.05, 3.63) is 59.9 Å². The number of nitriles is 1. The Bertz CT molecular complexity index is 976. The van der Waals surface area contributed by atoms with Crippen LogP contribution in [0, 0.1) is 28.2 Å². The van der Waals surface area contributed by atoms with E-state index in [0.29, 0.717) is 11.3 Å². The summed E-state index contributed by atoms with van der Waals surface area (Å²) in [5.74, 6) is -0.725. The maximum absolute atomic E-state index is 14.5. The highest BCUT2D eigenvalue weighted by atomic mass is 35.5. The largest absolute Gasteiger partial charge is 0.454 e. The lowest BCUT2D eigenvalue weighted by atomic mass is 9.82. The predicted octanol–water partition coefficient (Wildman–Crippen LogP) is 5.77. The highest BCUT2D eigenvalue weighted by Crippen LogP contribution is 2.80. The van der Waals surface area contributed by atoms with Gasteiger partial charge >= 0.3 is 5.97 Å². The topological polar surface area (TPSA) is 59.3 Å². The number of esters is 1. The van der Waals surface area contributed by atoms with Gasteiger partial charge in [0.15, 0.2) is 11.6 Å². The van der Waals surface area contributed by atoms with Gasteiger partial charge < -0.3 is 9.47 Å². The molecular formula is C22H20Cl2FNO3. The van der Waals surface area contributed by atoms with E-state index in [9.17, 15) is 9.18 Å². The Hall–Kier alpha value is -2.29. The molecule has 4 nitrogen and oxygen atoms in total. The first-order valence-corrected chi connectivity index (χ1v) is 9.99. The molecule has 7 heteroatoms. The summed E-state index contributed by atoms with van der Waals surface area (Å²) in [5, 5.41) is 8.18.